The highest BCUT2D eigenvalue weighted by atomic mass is 28.3. The Labute approximate surface area is 260 Å². The standard InChI is InChI=1S/C32H39N3O9Si/c1-4-32(43)22-15-24-28(29(39)21(22)17-44-31(32)42)35-16-20-18(6-5-7-19(20)14-25(35)33-24)10-12-45(2,3)13-11-26(36)34-23(30(40)41)8-9-27(37)38/h5-7,14,23,39,43H,4,8-13,15-17H2,1-3H3,(H,34,36)(H,37,38)(H,40,41). The number of carboxylic acid groups (broad SMARTS) is 2. The van der Waals surface area contributed by atoms with Crippen LogP contribution in [0, 0.1) is 0 Å². The molecule has 1 aromatic heterocycles. The van der Waals surface area contributed by atoms with Crippen molar-refractivity contribution < 1.29 is 44.3 Å². The van der Waals surface area contributed by atoms with Gasteiger partial charge in [0, 0.05) is 32.9 Å². The van der Waals surface area contributed by atoms with Crippen molar-refractivity contribution in [2.45, 2.75) is 88.8 Å². The van der Waals surface area contributed by atoms with Crippen molar-refractivity contribution >= 4 is 43.7 Å². The average molecular weight is 638 g/mol. The summed E-state index contributed by atoms with van der Waals surface area (Å²) in [7, 11) is -1.89. The van der Waals surface area contributed by atoms with Crippen molar-refractivity contribution in [3.05, 3.63) is 62.6 Å². The maximum absolute atomic E-state index is 12.5. The number of carboxylic acids is 2. The number of hydrogen-bond donors (Lipinski definition) is 5. The Bertz CT molecular complexity index is 1740. The number of amides is 1. The molecule has 2 unspecified atom stereocenters. The number of imidazole rings is 1. The van der Waals surface area contributed by atoms with Crippen LogP contribution in [0.15, 0.2) is 29.3 Å². The molecule has 2 aliphatic heterocycles. The molecule has 0 fully saturated rings. The normalized spacial score (nSPS) is 19.4. The molecule has 3 heterocycles. The lowest BCUT2D eigenvalue weighted by molar-refractivity contribution is -0.163. The number of nitrogens with zero attached hydrogens (tertiary/aromatic N) is 2. The molecule has 0 bridgehead atoms. The first kappa shape index (κ1) is 32.2. The van der Waals surface area contributed by atoms with Crippen LogP contribution in [0.5, 0.6) is 0 Å². The van der Waals surface area contributed by atoms with E-state index in [4.69, 9.17) is 14.8 Å². The van der Waals surface area contributed by atoms with Crippen LogP contribution in [0.3, 0.4) is 0 Å². The Morgan fingerprint density at radius 1 is 1.18 bits per heavy atom. The quantitative estimate of drug-likeness (QED) is 0.143. The van der Waals surface area contributed by atoms with E-state index in [-0.39, 0.29) is 44.5 Å². The molecule has 240 valence electrons. The number of aliphatic hydroxyl groups excluding tert-OH is 1. The number of benzene rings is 1. The molecular weight excluding hydrogens is 598 g/mol. The summed E-state index contributed by atoms with van der Waals surface area (Å²) in [6.07, 6.45) is 2.80. The molecule has 5 N–H and O–H groups in total. The van der Waals surface area contributed by atoms with Crippen LogP contribution in [0.25, 0.3) is 11.8 Å². The maximum Gasteiger partial charge on any atom is 0.342 e. The lowest BCUT2D eigenvalue weighted by atomic mass is 9.80. The number of fused-ring (bicyclic) bond motifs is 4. The Balaban J connectivity index is 1.31. The number of aliphatic carboxylic acids is 2. The monoisotopic (exact) mass is 637 g/mol. The molecular formula is C32H39N3O9Si. The Morgan fingerprint density at radius 2 is 1.93 bits per heavy atom. The van der Waals surface area contributed by atoms with E-state index in [1.165, 1.54) is 0 Å². The summed E-state index contributed by atoms with van der Waals surface area (Å²) < 4.78 is 7.22. The van der Waals surface area contributed by atoms with E-state index in [0.29, 0.717) is 40.3 Å². The number of aryl methyl sites for hydroxylation is 1. The number of ether oxygens (including phenoxy) is 1. The highest BCUT2D eigenvalue weighted by Crippen LogP contribution is 2.36. The molecule has 2 atom stereocenters. The molecule has 1 amide bonds. The van der Waals surface area contributed by atoms with Gasteiger partial charge < -0.3 is 35.0 Å². The summed E-state index contributed by atoms with van der Waals surface area (Å²) in [5.41, 5.74) is 3.68. The van der Waals surface area contributed by atoms with Gasteiger partial charge in [0.05, 0.1) is 12.2 Å². The zero-order valence-electron chi connectivity index (χ0n) is 25.7. The maximum atomic E-state index is 12.5. The number of carbonyl (C=O) groups is 4. The van der Waals surface area contributed by atoms with Crippen molar-refractivity contribution in [3.8, 4) is 0 Å². The lowest BCUT2D eigenvalue weighted by Crippen LogP contribution is -2.49. The molecule has 45 heavy (non-hydrogen) atoms. The topological polar surface area (TPSA) is 188 Å². The van der Waals surface area contributed by atoms with Gasteiger partial charge in [-0.3, -0.25) is 9.59 Å². The van der Waals surface area contributed by atoms with Gasteiger partial charge in [-0.25, -0.2) is 14.6 Å². The molecule has 1 aromatic carbocycles. The average Bonchev–Trinajstić information content (AvgIpc) is 3.35. The molecule has 0 saturated heterocycles. The Kier molecular flexibility index (Phi) is 8.78. The zero-order chi connectivity index (χ0) is 32.7. The Hall–Kier alpha value is -4.23. The number of nitrogens with one attached hydrogen (secondary N) is 1. The molecule has 12 nitrogen and oxygen atoms in total. The largest absolute Gasteiger partial charge is 0.505 e. The minimum absolute atomic E-state index is 0.0291. The summed E-state index contributed by atoms with van der Waals surface area (Å²) in [5, 5.41) is 43.7. The Morgan fingerprint density at radius 3 is 2.62 bits per heavy atom. The van der Waals surface area contributed by atoms with E-state index >= 15 is 0 Å². The number of rotatable bonds is 12. The summed E-state index contributed by atoms with van der Waals surface area (Å²) in [6.45, 7) is 6.47. The minimum atomic E-state index is -1.89. The van der Waals surface area contributed by atoms with Crippen molar-refractivity contribution in [2.24, 2.45) is 0 Å². The number of carbonyl (C=O) groups excluding carboxylic acids is 2. The van der Waals surface area contributed by atoms with Gasteiger partial charge in [-0.05, 0) is 53.6 Å². The highest BCUT2D eigenvalue weighted by Gasteiger charge is 2.47. The second-order valence-electron chi connectivity index (χ2n) is 12.8. The van der Waals surface area contributed by atoms with E-state index in [1.807, 2.05) is 22.8 Å². The van der Waals surface area contributed by atoms with E-state index in [9.17, 15) is 34.5 Å². The van der Waals surface area contributed by atoms with Crippen LogP contribution < -0.4 is 16.1 Å². The van der Waals surface area contributed by atoms with E-state index < -0.39 is 43.5 Å². The van der Waals surface area contributed by atoms with Gasteiger partial charge in [0.25, 0.3) is 0 Å². The predicted molar refractivity (Wildman–Crippen MR) is 165 cm³/mol. The number of aliphatic hydroxyl groups is 2. The third kappa shape index (κ3) is 6.32. The first-order valence-corrected chi connectivity index (χ1v) is 18.6. The van der Waals surface area contributed by atoms with Gasteiger partial charge in [0.2, 0.25) is 5.91 Å². The predicted octanol–water partition coefficient (Wildman–Crippen LogP) is 1.37. The highest BCUT2D eigenvalue weighted by molar-refractivity contribution is 6.77. The fourth-order valence-corrected chi connectivity index (χ4v) is 8.48. The SMILES string of the molecule is CCC1(O)C(=O)OCC2=C1Cc1nc3n(c1=C2O)Cc1c(cccc1CC[Si](C)(C)CCC(=O)NC(CCC(=O)O)C(=O)O)C=3. The van der Waals surface area contributed by atoms with Crippen LogP contribution >= 0.6 is 0 Å². The summed E-state index contributed by atoms with van der Waals surface area (Å²) in [6, 6.07) is 6.43. The zero-order valence-corrected chi connectivity index (χ0v) is 26.7. The van der Waals surface area contributed by atoms with Crippen molar-refractivity contribution in [3.63, 3.8) is 0 Å². The van der Waals surface area contributed by atoms with Crippen LogP contribution in [0.1, 0.15) is 55.0 Å². The van der Waals surface area contributed by atoms with Gasteiger partial charge in [0.1, 0.15) is 29.2 Å². The first-order chi connectivity index (χ1) is 21.2. The van der Waals surface area contributed by atoms with Gasteiger partial charge in [-0.2, -0.15) is 0 Å². The molecule has 13 heteroatoms. The molecule has 2 aromatic rings. The number of aromatic nitrogens is 2. The molecule has 1 aliphatic carbocycles. The fraction of sp³-hybridized carbons (Fsp3) is 0.469. The third-order valence-corrected chi connectivity index (χ3v) is 12.5. The second-order valence-corrected chi connectivity index (χ2v) is 18.1. The first-order valence-electron chi connectivity index (χ1n) is 15.2. The molecule has 0 saturated carbocycles. The van der Waals surface area contributed by atoms with E-state index in [2.05, 4.69) is 24.5 Å². The van der Waals surface area contributed by atoms with Crippen molar-refractivity contribution in [1.29, 1.82) is 0 Å². The van der Waals surface area contributed by atoms with E-state index in [0.717, 1.165) is 29.2 Å². The number of cyclic esters (lactones) is 1. The minimum Gasteiger partial charge on any atom is -0.505 e. The smallest absolute Gasteiger partial charge is 0.342 e. The molecule has 3 aliphatic rings. The second kappa shape index (κ2) is 12.3. The summed E-state index contributed by atoms with van der Waals surface area (Å²) >= 11 is 0. The molecule has 0 radical (unpaired) electrons. The molecule has 5 rings (SSSR count). The lowest BCUT2D eigenvalue weighted by Gasteiger charge is -2.35. The fourth-order valence-electron chi connectivity index (χ4n) is 6.38. The third-order valence-electron chi connectivity index (χ3n) is 9.27. The van der Waals surface area contributed by atoms with Crippen molar-refractivity contribution in [2.75, 3.05) is 6.61 Å². The van der Waals surface area contributed by atoms with Gasteiger partial charge in [0.15, 0.2) is 5.60 Å². The van der Waals surface area contributed by atoms with E-state index in [1.54, 1.807) is 6.92 Å². The van der Waals surface area contributed by atoms with Gasteiger partial charge in [-0.1, -0.05) is 44.3 Å². The van der Waals surface area contributed by atoms with Gasteiger partial charge >= 0.3 is 17.9 Å². The number of hydrogen-bond acceptors (Lipinski definition) is 8. The number of esters is 1. The summed E-state index contributed by atoms with van der Waals surface area (Å²) in [4.78, 5) is 52.0. The van der Waals surface area contributed by atoms with Gasteiger partial charge in [-0.15, -0.1) is 0 Å². The van der Waals surface area contributed by atoms with Crippen LogP contribution in [-0.4, -0.2) is 80.1 Å². The van der Waals surface area contributed by atoms with Crippen molar-refractivity contribution in [1.82, 2.24) is 14.9 Å². The van der Waals surface area contributed by atoms with Crippen LogP contribution in [0.2, 0.25) is 25.2 Å². The summed E-state index contributed by atoms with van der Waals surface area (Å²) in [5.74, 6) is -3.49. The van der Waals surface area contributed by atoms with Crippen LogP contribution in [0.4, 0.5) is 0 Å². The van der Waals surface area contributed by atoms with Crippen LogP contribution in [-0.2, 0) is 43.3 Å². The molecule has 0 spiro atoms.